The highest BCUT2D eigenvalue weighted by atomic mass is 16.2. The van der Waals surface area contributed by atoms with Gasteiger partial charge in [-0.2, -0.15) is 0 Å². The Morgan fingerprint density at radius 2 is 2.00 bits per heavy atom. The van der Waals surface area contributed by atoms with Crippen LogP contribution in [0.2, 0.25) is 0 Å². The Kier molecular flexibility index (Phi) is 4.36. The van der Waals surface area contributed by atoms with Crippen LogP contribution in [0.5, 0.6) is 0 Å². The van der Waals surface area contributed by atoms with Gasteiger partial charge in [-0.3, -0.25) is 10.2 Å². The van der Waals surface area contributed by atoms with Crippen molar-refractivity contribution in [1.82, 2.24) is 25.7 Å². The zero-order chi connectivity index (χ0) is 15.4. The Bertz CT molecular complexity index is 558. The predicted molar refractivity (Wildman–Crippen MR) is 80.3 cm³/mol. The fourth-order valence-electron chi connectivity index (χ4n) is 2.64. The summed E-state index contributed by atoms with van der Waals surface area (Å²) in [6.07, 6.45) is 5.85. The van der Waals surface area contributed by atoms with Crippen LogP contribution < -0.4 is 15.6 Å². The smallest absolute Gasteiger partial charge is 0.336 e. The van der Waals surface area contributed by atoms with Crippen LogP contribution in [0.4, 0.5) is 10.7 Å². The zero-order valence-corrected chi connectivity index (χ0v) is 12.4. The Morgan fingerprint density at radius 1 is 1.18 bits per heavy atom. The minimum Gasteiger partial charge on any atom is -0.341 e. The van der Waals surface area contributed by atoms with Crippen LogP contribution in [0, 0.1) is 0 Å². The molecule has 0 saturated carbocycles. The van der Waals surface area contributed by atoms with Crippen molar-refractivity contribution < 1.29 is 9.59 Å². The maximum absolute atomic E-state index is 12.3. The molecule has 2 saturated heterocycles. The van der Waals surface area contributed by atoms with Gasteiger partial charge >= 0.3 is 6.03 Å². The van der Waals surface area contributed by atoms with Gasteiger partial charge in [-0.05, 0) is 31.7 Å². The van der Waals surface area contributed by atoms with Crippen LogP contribution >= 0.6 is 0 Å². The van der Waals surface area contributed by atoms with Gasteiger partial charge in [0, 0.05) is 32.4 Å². The minimum atomic E-state index is -0.391. The Morgan fingerprint density at radius 3 is 2.77 bits per heavy atom. The summed E-state index contributed by atoms with van der Waals surface area (Å²) in [5.74, 6) is 0.188. The molecule has 2 aliphatic heterocycles. The van der Waals surface area contributed by atoms with E-state index in [9.17, 15) is 9.59 Å². The maximum atomic E-state index is 12.3. The number of hydrogen-bond acceptors (Lipinski definition) is 5. The zero-order valence-electron chi connectivity index (χ0n) is 12.4. The number of rotatable bonds is 3. The van der Waals surface area contributed by atoms with E-state index in [0.717, 1.165) is 32.4 Å². The van der Waals surface area contributed by atoms with Crippen LogP contribution in [-0.2, 0) is 0 Å². The lowest BCUT2D eigenvalue weighted by Crippen LogP contribution is -2.54. The topological polar surface area (TPSA) is 90.5 Å². The molecule has 8 heteroatoms. The molecule has 0 spiro atoms. The summed E-state index contributed by atoms with van der Waals surface area (Å²) in [6, 6.07) is 1.27. The van der Waals surface area contributed by atoms with Crippen molar-refractivity contribution in [1.29, 1.82) is 0 Å². The van der Waals surface area contributed by atoms with Crippen LogP contribution in [0.15, 0.2) is 12.3 Å². The summed E-state index contributed by atoms with van der Waals surface area (Å²) in [4.78, 5) is 34.6. The molecule has 0 aliphatic carbocycles. The number of nitrogens with one attached hydrogen (secondary N) is 2. The third-order valence-electron chi connectivity index (χ3n) is 3.83. The number of nitrogens with zero attached hydrogens (tertiary/aromatic N) is 4. The lowest BCUT2D eigenvalue weighted by molar-refractivity contribution is 0.0803. The predicted octanol–water partition coefficient (Wildman–Crippen LogP) is 0.527. The van der Waals surface area contributed by atoms with Crippen molar-refractivity contribution >= 4 is 17.9 Å². The van der Waals surface area contributed by atoms with Crippen LogP contribution in [0.25, 0.3) is 0 Å². The SMILES string of the molecule is O=C(NN1CCCNC1=O)c1ccnc(N2CCCCC2)n1. The van der Waals surface area contributed by atoms with Crippen molar-refractivity contribution in [3.63, 3.8) is 0 Å². The van der Waals surface area contributed by atoms with Crippen molar-refractivity contribution in [2.45, 2.75) is 25.7 Å². The van der Waals surface area contributed by atoms with Crippen molar-refractivity contribution in [3.05, 3.63) is 18.0 Å². The second-order valence-electron chi connectivity index (χ2n) is 5.47. The number of amides is 3. The molecule has 0 radical (unpaired) electrons. The largest absolute Gasteiger partial charge is 0.341 e. The van der Waals surface area contributed by atoms with E-state index in [1.807, 2.05) is 0 Å². The summed E-state index contributed by atoms with van der Waals surface area (Å²) in [6.45, 7) is 2.97. The van der Waals surface area contributed by atoms with Crippen LogP contribution in [0.1, 0.15) is 36.2 Å². The molecule has 3 rings (SSSR count). The number of anilines is 1. The van der Waals surface area contributed by atoms with Gasteiger partial charge in [-0.1, -0.05) is 0 Å². The Hall–Kier alpha value is -2.38. The molecule has 8 nitrogen and oxygen atoms in total. The van der Waals surface area contributed by atoms with Crippen molar-refractivity contribution in [2.24, 2.45) is 0 Å². The number of piperidine rings is 1. The number of carbonyl (C=O) groups is 2. The van der Waals surface area contributed by atoms with Crippen LogP contribution in [0.3, 0.4) is 0 Å². The molecule has 2 N–H and O–H groups in total. The maximum Gasteiger partial charge on any atom is 0.336 e. The molecule has 3 amide bonds. The highest BCUT2D eigenvalue weighted by Crippen LogP contribution is 2.15. The summed E-state index contributed by atoms with van der Waals surface area (Å²) >= 11 is 0. The van der Waals surface area contributed by atoms with Crippen molar-refractivity contribution in [3.8, 4) is 0 Å². The minimum absolute atomic E-state index is 0.272. The standard InChI is InChI=1S/C14H20N6O2/c21-12(18-20-10-4-6-16-14(20)22)11-5-7-15-13(17-11)19-8-2-1-3-9-19/h5,7H,1-4,6,8-10H2,(H,16,22)(H,18,21). The molecule has 118 valence electrons. The number of hydrazine groups is 1. The van der Waals surface area contributed by atoms with E-state index in [-0.39, 0.29) is 11.7 Å². The van der Waals surface area contributed by atoms with Crippen molar-refractivity contribution in [2.75, 3.05) is 31.1 Å². The van der Waals surface area contributed by atoms with Gasteiger partial charge in [0.2, 0.25) is 5.95 Å². The normalized spacial score (nSPS) is 18.8. The molecule has 22 heavy (non-hydrogen) atoms. The molecule has 3 heterocycles. The highest BCUT2D eigenvalue weighted by molar-refractivity contribution is 5.93. The number of urea groups is 1. The molecule has 0 atom stereocenters. The van der Waals surface area contributed by atoms with Gasteiger partial charge in [-0.25, -0.2) is 19.8 Å². The molecule has 2 fully saturated rings. The van der Waals surface area contributed by atoms with Crippen LogP contribution in [-0.4, -0.2) is 53.1 Å². The molecular formula is C14H20N6O2. The second kappa shape index (κ2) is 6.59. The summed E-state index contributed by atoms with van der Waals surface area (Å²) < 4.78 is 0. The van der Waals surface area contributed by atoms with E-state index in [1.54, 1.807) is 12.3 Å². The van der Waals surface area contributed by atoms with Gasteiger partial charge in [0.15, 0.2) is 0 Å². The second-order valence-corrected chi connectivity index (χ2v) is 5.47. The number of aromatic nitrogens is 2. The monoisotopic (exact) mass is 304 g/mol. The molecule has 1 aromatic heterocycles. The Labute approximate surface area is 128 Å². The van der Waals surface area contributed by atoms with Gasteiger partial charge in [0.25, 0.3) is 5.91 Å². The van der Waals surface area contributed by atoms with E-state index < -0.39 is 5.91 Å². The van der Waals surface area contributed by atoms with E-state index in [1.165, 1.54) is 11.4 Å². The van der Waals surface area contributed by atoms with Gasteiger partial charge in [-0.15, -0.1) is 0 Å². The van der Waals surface area contributed by atoms with E-state index in [2.05, 4.69) is 25.6 Å². The first kappa shape index (κ1) is 14.6. The van der Waals surface area contributed by atoms with E-state index >= 15 is 0 Å². The van der Waals surface area contributed by atoms with E-state index in [0.29, 0.717) is 19.0 Å². The molecule has 2 aliphatic rings. The fraction of sp³-hybridized carbons (Fsp3) is 0.571. The lowest BCUT2D eigenvalue weighted by atomic mass is 10.1. The summed E-state index contributed by atoms with van der Waals surface area (Å²) in [5, 5.41) is 3.97. The van der Waals surface area contributed by atoms with Gasteiger partial charge in [0.1, 0.15) is 5.69 Å². The molecular weight excluding hydrogens is 284 g/mol. The lowest BCUT2D eigenvalue weighted by Gasteiger charge is -2.28. The summed E-state index contributed by atoms with van der Waals surface area (Å²) in [7, 11) is 0. The molecule has 0 unspecified atom stereocenters. The summed E-state index contributed by atoms with van der Waals surface area (Å²) in [5.41, 5.74) is 2.86. The molecule has 0 bridgehead atoms. The van der Waals surface area contributed by atoms with E-state index in [4.69, 9.17) is 0 Å². The molecule has 1 aromatic rings. The first-order valence-corrected chi connectivity index (χ1v) is 7.68. The third kappa shape index (κ3) is 3.26. The first-order chi connectivity index (χ1) is 10.7. The average Bonchev–Trinajstić information content (AvgIpc) is 2.58. The first-order valence-electron chi connectivity index (χ1n) is 7.68. The number of carbonyl (C=O) groups excluding carboxylic acids is 2. The molecule has 0 aromatic carbocycles. The van der Waals surface area contributed by atoms with Gasteiger partial charge in [0.05, 0.1) is 0 Å². The van der Waals surface area contributed by atoms with Gasteiger partial charge < -0.3 is 10.2 Å². The third-order valence-corrected chi connectivity index (χ3v) is 3.83. The number of hydrogen-bond donors (Lipinski definition) is 2. The Balaban J connectivity index is 1.68. The average molecular weight is 304 g/mol. The highest BCUT2D eigenvalue weighted by Gasteiger charge is 2.21. The quantitative estimate of drug-likeness (QED) is 0.850. The fourth-order valence-corrected chi connectivity index (χ4v) is 2.64.